The molecule has 1 amide bonds. The van der Waals surface area contributed by atoms with Gasteiger partial charge >= 0.3 is 0 Å². The molecule has 0 unspecified atom stereocenters. The zero-order chi connectivity index (χ0) is 20.1. The van der Waals surface area contributed by atoms with Crippen molar-refractivity contribution in [3.05, 3.63) is 23.9 Å². The van der Waals surface area contributed by atoms with Crippen LogP contribution >= 0.6 is 0 Å². The third-order valence-electron chi connectivity index (χ3n) is 2.91. The normalized spacial score (nSPS) is 9.96. The number of amides is 1. The van der Waals surface area contributed by atoms with Crippen LogP contribution in [0.3, 0.4) is 0 Å². The Morgan fingerprint density at radius 3 is 1.96 bits per heavy atom. The number of aliphatic hydroxyl groups is 1. The van der Waals surface area contributed by atoms with Crippen molar-refractivity contribution in [3.8, 4) is 0 Å². The molecule has 1 atom stereocenters. The maximum Gasteiger partial charge on any atom is 0.225 e. The molecule has 0 aliphatic rings. The van der Waals surface area contributed by atoms with Crippen LogP contribution in [0.5, 0.6) is 0 Å². The van der Waals surface area contributed by atoms with Crippen LogP contribution in [0.25, 0.3) is 0 Å². The van der Waals surface area contributed by atoms with Gasteiger partial charge in [-0.15, -0.1) is 0 Å². The Hall–Kier alpha value is -1.42. The number of pyridine rings is 1. The van der Waals surface area contributed by atoms with Crippen LogP contribution in [0.15, 0.2) is 18.3 Å². The molecule has 0 spiro atoms. The fourth-order valence-corrected chi connectivity index (χ4v) is 1.48. The summed E-state index contributed by atoms with van der Waals surface area (Å²) < 4.78 is 0. The summed E-state index contributed by atoms with van der Waals surface area (Å²) in [5.74, 6) is 0.626. The van der Waals surface area contributed by atoms with E-state index < -0.39 is 0 Å². The first-order valence-electron chi connectivity index (χ1n) is 9.91. The van der Waals surface area contributed by atoms with Crippen LogP contribution in [0.1, 0.15) is 93.1 Å². The van der Waals surface area contributed by atoms with Crippen LogP contribution in [-0.4, -0.2) is 22.1 Å². The van der Waals surface area contributed by atoms with E-state index in [1.54, 1.807) is 6.20 Å². The zero-order valence-corrected chi connectivity index (χ0v) is 17.9. The Morgan fingerprint density at radius 1 is 1.12 bits per heavy atom. The molecule has 0 radical (unpaired) electrons. The Balaban J connectivity index is -0.000000341. The smallest absolute Gasteiger partial charge is 0.225 e. The SMILES string of the molecule is CC.CCC.CCC(=O)Nc1ccc(CC)cn1.CCC[C@H](O)CC. The first kappa shape index (κ1) is 28.4. The number of aryl methyl sites for hydroxylation is 1. The monoisotopic (exact) mass is 354 g/mol. The zero-order valence-electron chi connectivity index (χ0n) is 17.9. The van der Waals surface area contributed by atoms with Crippen molar-refractivity contribution in [2.75, 3.05) is 5.32 Å². The molecule has 0 aromatic carbocycles. The van der Waals surface area contributed by atoms with Crippen molar-refractivity contribution in [3.63, 3.8) is 0 Å². The van der Waals surface area contributed by atoms with E-state index in [2.05, 4.69) is 38.0 Å². The molecule has 0 saturated carbocycles. The number of nitrogens with one attached hydrogen (secondary N) is 1. The van der Waals surface area contributed by atoms with Gasteiger partial charge in [-0.05, 0) is 30.9 Å². The predicted octanol–water partition coefficient (Wildman–Crippen LogP) is 5.99. The number of aromatic nitrogens is 1. The predicted molar refractivity (Wildman–Crippen MR) is 111 cm³/mol. The summed E-state index contributed by atoms with van der Waals surface area (Å²) in [6.45, 7) is 16.2. The van der Waals surface area contributed by atoms with E-state index in [0.29, 0.717) is 12.2 Å². The second-order valence-corrected chi connectivity index (χ2v) is 5.36. The highest BCUT2D eigenvalue weighted by Crippen LogP contribution is 2.05. The van der Waals surface area contributed by atoms with Crippen LogP contribution < -0.4 is 5.32 Å². The van der Waals surface area contributed by atoms with Crippen LogP contribution in [0, 0.1) is 0 Å². The molecule has 0 bridgehead atoms. The quantitative estimate of drug-likeness (QED) is 0.659. The fourth-order valence-electron chi connectivity index (χ4n) is 1.48. The minimum absolute atomic E-state index is 0.00301. The Bertz CT molecular complexity index is 378. The number of nitrogens with zero attached hydrogens (tertiary/aromatic N) is 1. The number of carbonyl (C=O) groups excluding carboxylic acids is 1. The molecular formula is C21H42N2O2. The average Bonchev–Trinajstić information content (AvgIpc) is 2.65. The van der Waals surface area contributed by atoms with Crippen LogP contribution in [-0.2, 0) is 11.2 Å². The van der Waals surface area contributed by atoms with Crippen molar-refractivity contribution in [1.29, 1.82) is 0 Å². The maximum absolute atomic E-state index is 11.0. The highest BCUT2D eigenvalue weighted by atomic mass is 16.3. The van der Waals surface area contributed by atoms with Crippen LogP contribution in [0.2, 0.25) is 0 Å². The van der Waals surface area contributed by atoms with Crippen molar-refractivity contribution in [2.24, 2.45) is 0 Å². The third kappa shape index (κ3) is 20.5. The lowest BCUT2D eigenvalue weighted by atomic mass is 10.2. The lowest BCUT2D eigenvalue weighted by Gasteiger charge is -2.02. The van der Waals surface area contributed by atoms with E-state index in [9.17, 15) is 4.79 Å². The van der Waals surface area contributed by atoms with Crippen molar-refractivity contribution in [1.82, 2.24) is 4.98 Å². The first-order chi connectivity index (χ1) is 12.0. The Kier molecular flexibility index (Phi) is 25.6. The summed E-state index contributed by atoms with van der Waals surface area (Å²) in [4.78, 5) is 15.1. The lowest BCUT2D eigenvalue weighted by molar-refractivity contribution is -0.115. The summed E-state index contributed by atoms with van der Waals surface area (Å²) in [6.07, 6.45) is 7.38. The van der Waals surface area contributed by atoms with E-state index in [1.165, 1.54) is 12.0 Å². The van der Waals surface area contributed by atoms with Gasteiger partial charge in [0.1, 0.15) is 5.82 Å². The van der Waals surface area contributed by atoms with Gasteiger partial charge in [0.25, 0.3) is 0 Å². The maximum atomic E-state index is 11.0. The molecule has 0 aliphatic carbocycles. The summed E-state index contributed by atoms with van der Waals surface area (Å²) in [7, 11) is 0. The van der Waals surface area contributed by atoms with Gasteiger partial charge in [-0.1, -0.05) is 74.3 Å². The number of hydrogen-bond donors (Lipinski definition) is 2. The molecule has 0 saturated heterocycles. The summed E-state index contributed by atoms with van der Waals surface area (Å²) in [6, 6.07) is 3.80. The summed E-state index contributed by atoms with van der Waals surface area (Å²) >= 11 is 0. The molecule has 2 N–H and O–H groups in total. The molecule has 1 heterocycles. The van der Waals surface area contributed by atoms with Gasteiger partial charge in [0.15, 0.2) is 0 Å². The van der Waals surface area contributed by atoms with Crippen molar-refractivity contribution >= 4 is 11.7 Å². The van der Waals surface area contributed by atoms with Crippen molar-refractivity contribution < 1.29 is 9.90 Å². The lowest BCUT2D eigenvalue weighted by Crippen LogP contribution is -2.10. The van der Waals surface area contributed by atoms with Gasteiger partial charge in [-0.3, -0.25) is 4.79 Å². The first-order valence-corrected chi connectivity index (χ1v) is 9.91. The van der Waals surface area contributed by atoms with Gasteiger partial charge in [-0.25, -0.2) is 4.98 Å². The van der Waals surface area contributed by atoms with Crippen molar-refractivity contribution in [2.45, 2.75) is 100 Å². The third-order valence-corrected chi connectivity index (χ3v) is 2.91. The van der Waals surface area contributed by atoms with E-state index in [-0.39, 0.29) is 12.0 Å². The number of anilines is 1. The van der Waals surface area contributed by atoms with Gasteiger partial charge in [-0.2, -0.15) is 0 Å². The minimum atomic E-state index is -0.0509. The van der Waals surface area contributed by atoms with E-state index >= 15 is 0 Å². The van der Waals surface area contributed by atoms with Gasteiger partial charge in [0.2, 0.25) is 5.91 Å². The fraction of sp³-hybridized carbons (Fsp3) is 0.714. The van der Waals surface area contributed by atoms with Gasteiger partial charge in [0, 0.05) is 12.6 Å². The molecule has 1 rings (SSSR count). The highest BCUT2D eigenvalue weighted by Gasteiger charge is 1.98. The average molecular weight is 355 g/mol. The largest absolute Gasteiger partial charge is 0.393 e. The minimum Gasteiger partial charge on any atom is -0.393 e. The molecule has 1 aromatic rings. The topological polar surface area (TPSA) is 62.2 Å². The molecule has 4 heteroatoms. The van der Waals surface area contributed by atoms with Gasteiger partial charge in [0.05, 0.1) is 6.10 Å². The standard InChI is InChI=1S/C10H14N2O.C6H14O.C3H8.C2H6/c1-3-8-5-6-9(11-7-8)12-10(13)4-2;1-3-5-6(7)4-2;1-3-2;1-2/h5-7H,3-4H2,1-2H3,(H,11,12,13);6-7H,3-5H2,1-2H3;3H2,1-2H3;1-2H3/t;6-;;/m.1../s1. The molecule has 1 aromatic heterocycles. The number of hydrogen-bond acceptors (Lipinski definition) is 3. The molecule has 0 aliphatic heterocycles. The van der Waals surface area contributed by atoms with E-state index in [0.717, 1.165) is 25.7 Å². The molecule has 4 nitrogen and oxygen atoms in total. The van der Waals surface area contributed by atoms with E-state index in [1.807, 2.05) is 39.8 Å². The number of carbonyl (C=O) groups is 1. The van der Waals surface area contributed by atoms with E-state index in [4.69, 9.17) is 5.11 Å². The molecular weight excluding hydrogens is 312 g/mol. The molecule has 0 fully saturated rings. The van der Waals surface area contributed by atoms with Crippen LogP contribution in [0.4, 0.5) is 5.82 Å². The second-order valence-electron chi connectivity index (χ2n) is 5.36. The number of rotatable bonds is 6. The summed E-state index contributed by atoms with van der Waals surface area (Å²) in [5, 5.41) is 11.6. The summed E-state index contributed by atoms with van der Waals surface area (Å²) in [5.41, 5.74) is 1.18. The Labute approximate surface area is 156 Å². The second kappa shape index (κ2) is 22.6. The highest BCUT2D eigenvalue weighted by molar-refractivity contribution is 5.89. The molecule has 148 valence electrons. The molecule has 25 heavy (non-hydrogen) atoms. The number of aliphatic hydroxyl groups excluding tert-OH is 1. The van der Waals surface area contributed by atoms with Gasteiger partial charge < -0.3 is 10.4 Å². The Morgan fingerprint density at radius 2 is 1.68 bits per heavy atom.